The molecule has 4 heterocycles. The Hall–Kier alpha value is -4.33. The van der Waals surface area contributed by atoms with Gasteiger partial charge in [0.1, 0.15) is 15.8 Å². The maximum atomic E-state index is 13.4. The van der Waals surface area contributed by atoms with E-state index in [0.717, 1.165) is 62.7 Å². The van der Waals surface area contributed by atoms with Gasteiger partial charge < -0.3 is 25.4 Å². The second-order valence-corrected chi connectivity index (χ2v) is 20.4. The molecular formula is C45H60N6O6S2. The molecule has 3 N–H and O–H groups in total. The van der Waals surface area contributed by atoms with Crippen molar-refractivity contribution in [2.45, 2.75) is 156 Å². The number of azide groups is 1. The zero-order chi connectivity index (χ0) is 43.1. The van der Waals surface area contributed by atoms with Crippen LogP contribution in [0.15, 0.2) is 17.2 Å². The number of piperidine rings is 2. The molecule has 2 aromatic rings. The van der Waals surface area contributed by atoms with Crippen LogP contribution in [0, 0.1) is 46.3 Å². The minimum Gasteiger partial charge on any atom is -0.477 e. The van der Waals surface area contributed by atoms with Gasteiger partial charge in [-0.1, -0.05) is 67.3 Å². The maximum absolute atomic E-state index is 13.4. The molecule has 4 aliphatic rings. The van der Waals surface area contributed by atoms with E-state index in [1.54, 1.807) is 15.9 Å². The van der Waals surface area contributed by atoms with Gasteiger partial charge in [0.05, 0.1) is 34.3 Å². The number of carboxylic acids is 1. The summed E-state index contributed by atoms with van der Waals surface area (Å²) in [6.07, 6.45) is 14.2. The van der Waals surface area contributed by atoms with Gasteiger partial charge in [0.15, 0.2) is 0 Å². The van der Waals surface area contributed by atoms with Gasteiger partial charge in [-0.15, -0.1) is 22.7 Å². The summed E-state index contributed by atoms with van der Waals surface area (Å²) in [5.74, 6) is 11.5. The van der Waals surface area contributed by atoms with E-state index in [0.29, 0.717) is 50.7 Å². The number of methoxy groups -OCH3 is 1. The van der Waals surface area contributed by atoms with Gasteiger partial charge in [-0.2, -0.15) is 0 Å². The molecule has 0 radical (unpaired) electrons. The number of anilines is 2. The minimum atomic E-state index is -1.02. The van der Waals surface area contributed by atoms with Crippen molar-refractivity contribution in [3.63, 3.8) is 0 Å². The summed E-state index contributed by atoms with van der Waals surface area (Å²) in [7, 11) is 1.34. The SMILES string of the molecule is CC(C)(C)C#Cc1cc(N2C(=O)C(N)CC[C@H]2C2CCCCC2)c(C(=O)O)s1.COC(=O)c1sc(C#CC(C)(C)C)cc1N1C(=O)C(N=[N+]=[N-])CC[C@H]1C1CCCCC1. The molecule has 2 aliphatic carbocycles. The number of hydrogen-bond acceptors (Lipinski definition) is 9. The summed E-state index contributed by atoms with van der Waals surface area (Å²) in [5.41, 5.74) is 15.7. The van der Waals surface area contributed by atoms with E-state index >= 15 is 0 Å². The van der Waals surface area contributed by atoms with Crippen molar-refractivity contribution < 1.29 is 29.0 Å². The van der Waals surface area contributed by atoms with Crippen LogP contribution in [0.2, 0.25) is 0 Å². The fraction of sp³-hybridized carbons (Fsp3) is 0.644. The highest BCUT2D eigenvalue weighted by molar-refractivity contribution is 7.15. The second-order valence-electron chi connectivity index (χ2n) is 18.3. The molecule has 2 saturated heterocycles. The highest BCUT2D eigenvalue weighted by Gasteiger charge is 2.43. The average Bonchev–Trinajstić information content (AvgIpc) is 3.83. The first-order chi connectivity index (χ1) is 27.9. The molecule has 0 spiro atoms. The van der Waals surface area contributed by atoms with Gasteiger partial charge in [-0.25, -0.2) is 9.59 Å². The summed E-state index contributed by atoms with van der Waals surface area (Å²) < 4.78 is 5.02. The van der Waals surface area contributed by atoms with Crippen LogP contribution in [-0.4, -0.2) is 60.1 Å². The van der Waals surface area contributed by atoms with E-state index in [1.165, 1.54) is 44.1 Å². The number of carboxylic acid groups (broad SMARTS) is 1. The molecule has 4 atom stereocenters. The van der Waals surface area contributed by atoms with Crippen LogP contribution >= 0.6 is 22.7 Å². The van der Waals surface area contributed by atoms with E-state index in [1.807, 2.05) is 47.6 Å². The third-order valence-electron chi connectivity index (χ3n) is 11.5. The van der Waals surface area contributed by atoms with Gasteiger partial charge in [0.25, 0.3) is 0 Å². The molecule has 318 valence electrons. The second kappa shape index (κ2) is 19.8. The standard InChI is InChI=1S/C23H30N4O3S.C22H30N2O3S/c1-23(2,3)13-12-16-14-19(20(31-16)22(29)30-4)27-18(15-8-6-5-7-9-15)11-10-17(21(27)28)25-26-24;1-22(2,3)12-11-15-13-18(19(28-15)21(26)27)24-17(10-9-16(23)20(24)25)14-7-5-4-6-8-14/h14-15,17-18H,5-11H2,1-4H3;13-14,16-17H,4-10,23H2,1-3H3,(H,26,27)/t17?,18-;16?,17-/m00/s1. The number of esters is 1. The first kappa shape index (κ1) is 45.7. The number of rotatable bonds is 7. The fourth-order valence-corrected chi connectivity index (χ4v) is 10.4. The Labute approximate surface area is 357 Å². The summed E-state index contributed by atoms with van der Waals surface area (Å²) in [5, 5.41) is 13.5. The summed E-state index contributed by atoms with van der Waals surface area (Å²) >= 11 is 2.39. The Kier molecular flexibility index (Phi) is 15.4. The van der Waals surface area contributed by atoms with Gasteiger partial charge >= 0.3 is 11.9 Å². The van der Waals surface area contributed by atoms with E-state index < -0.39 is 24.0 Å². The number of hydrogen-bond donors (Lipinski definition) is 2. The lowest BCUT2D eigenvalue weighted by Gasteiger charge is -2.43. The molecule has 14 heteroatoms. The van der Waals surface area contributed by atoms with Crippen LogP contribution in [0.4, 0.5) is 11.4 Å². The van der Waals surface area contributed by atoms with E-state index in [9.17, 15) is 24.3 Å². The normalized spacial score (nSPS) is 23.1. The molecule has 0 aromatic carbocycles. The predicted molar refractivity (Wildman–Crippen MR) is 235 cm³/mol. The number of ether oxygens (including phenoxy) is 1. The van der Waals surface area contributed by atoms with Gasteiger partial charge in [0.2, 0.25) is 11.8 Å². The van der Waals surface area contributed by atoms with Gasteiger partial charge in [-0.05, 0) is 122 Å². The molecule has 12 nitrogen and oxygen atoms in total. The van der Waals surface area contributed by atoms with Crippen molar-refractivity contribution in [1.82, 2.24) is 0 Å². The average molecular weight is 845 g/mol. The van der Waals surface area contributed by atoms with Crippen LogP contribution in [-0.2, 0) is 14.3 Å². The summed E-state index contributed by atoms with van der Waals surface area (Å²) in [6.45, 7) is 12.1. The van der Waals surface area contributed by atoms with Crippen LogP contribution in [0.25, 0.3) is 10.4 Å². The third-order valence-corrected chi connectivity index (χ3v) is 13.5. The Morgan fingerprint density at radius 2 is 1.22 bits per heavy atom. The molecule has 0 bridgehead atoms. The fourth-order valence-electron chi connectivity index (χ4n) is 8.68. The lowest BCUT2D eigenvalue weighted by Crippen LogP contribution is -2.56. The molecule has 2 saturated carbocycles. The highest BCUT2D eigenvalue weighted by Crippen LogP contribution is 2.42. The third kappa shape index (κ3) is 11.7. The maximum Gasteiger partial charge on any atom is 0.350 e. The van der Waals surface area contributed by atoms with Crippen LogP contribution in [0.5, 0.6) is 0 Å². The summed E-state index contributed by atoms with van der Waals surface area (Å²) in [4.78, 5) is 59.3. The number of nitrogens with two attached hydrogens (primary N) is 1. The van der Waals surface area contributed by atoms with Crippen LogP contribution < -0.4 is 15.5 Å². The number of thiophene rings is 2. The van der Waals surface area contributed by atoms with Crippen molar-refractivity contribution in [2.75, 3.05) is 16.9 Å². The number of nitrogens with zero attached hydrogens (tertiary/aromatic N) is 5. The van der Waals surface area contributed by atoms with Crippen molar-refractivity contribution in [3.05, 3.63) is 42.1 Å². The first-order valence-corrected chi connectivity index (χ1v) is 22.7. The predicted octanol–water partition coefficient (Wildman–Crippen LogP) is 9.93. The smallest absolute Gasteiger partial charge is 0.350 e. The molecule has 4 fully saturated rings. The Bertz CT molecular complexity index is 2040. The zero-order valence-corrected chi connectivity index (χ0v) is 37.3. The highest BCUT2D eigenvalue weighted by atomic mass is 32.1. The van der Waals surface area contributed by atoms with Gasteiger partial charge in [-0.3, -0.25) is 9.59 Å². The molecule has 59 heavy (non-hydrogen) atoms. The number of carbonyl (C=O) groups is 4. The Balaban J connectivity index is 0.000000225. The zero-order valence-electron chi connectivity index (χ0n) is 35.6. The lowest BCUT2D eigenvalue weighted by atomic mass is 9.79. The number of aromatic carboxylic acids is 1. The monoisotopic (exact) mass is 844 g/mol. The van der Waals surface area contributed by atoms with Gasteiger partial charge in [0, 0.05) is 27.8 Å². The molecule has 2 unspecified atom stereocenters. The van der Waals surface area contributed by atoms with Crippen molar-refractivity contribution in [1.29, 1.82) is 0 Å². The molecule has 6 rings (SSSR count). The topological polar surface area (TPSA) is 179 Å². The van der Waals surface area contributed by atoms with Crippen molar-refractivity contribution in [2.24, 2.45) is 33.5 Å². The van der Waals surface area contributed by atoms with Crippen molar-refractivity contribution >= 4 is 57.8 Å². The molecule has 2 aliphatic heterocycles. The lowest BCUT2D eigenvalue weighted by molar-refractivity contribution is -0.122. The van der Waals surface area contributed by atoms with Crippen LogP contribution in [0.3, 0.4) is 0 Å². The quantitative estimate of drug-likeness (QED) is 0.0915. The van der Waals surface area contributed by atoms with E-state index in [2.05, 4.69) is 33.7 Å². The van der Waals surface area contributed by atoms with E-state index in [4.69, 9.17) is 16.0 Å². The molecule has 2 amide bonds. The molecule has 2 aromatic heterocycles. The largest absolute Gasteiger partial charge is 0.477 e. The first-order valence-electron chi connectivity index (χ1n) is 21.0. The number of amides is 2. The Morgan fingerprint density at radius 3 is 1.68 bits per heavy atom. The minimum absolute atomic E-state index is 0.0145. The van der Waals surface area contributed by atoms with Crippen molar-refractivity contribution in [3.8, 4) is 23.7 Å². The Morgan fingerprint density at radius 1 is 0.763 bits per heavy atom. The van der Waals surface area contributed by atoms with E-state index in [-0.39, 0.29) is 39.6 Å². The molecular weight excluding hydrogens is 785 g/mol. The summed E-state index contributed by atoms with van der Waals surface area (Å²) in [6, 6.07) is 2.30. The van der Waals surface area contributed by atoms with Crippen LogP contribution in [0.1, 0.15) is 161 Å². The number of carbonyl (C=O) groups excluding carboxylic acids is 3.